The van der Waals surface area contributed by atoms with Crippen LogP contribution in [-0.4, -0.2) is 35.1 Å². The van der Waals surface area contributed by atoms with Crippen molar-refractivity contribution < 1.29 is 5.21 Å². The van der Waals surface area contributed by atoms with E-state index < -0.39 is 0 Å². The first-order valence-electron chi connectivity index (χ1n) is 7.23. The van der Waals surface area contributed by atoms with Crippen LogP contribution in [0.2, 0.25) is 0 Å². The van der Waals surface area contributed by atoms with Crippen molar-refractivity contribution in [2.75, 3.05) is 13.1 Å². The summed E-state index contributed by atoms with van der Waals surface area (Å²) in [4.78, 5) is 2.54. The molecule has 0 spiro atoms. The van der Waals surface area contributed by atoms with Crippen LogP contribution in [0.25, 0.3) is 0 Å². The Labute approximate surface area is 111 Å². The van der Waals surface area contributed by atoms with Gasteiger partial charge in [0, 0.05) is 25.6 Å². The summed E-state index contributed by atoms with van der Waals surface area (Å²) in [6.07, 6.45) is 5.96. The van der Waals surface area contributed by atoms with E-state index in [2.05, 4.69) is 30.8 Å². The largest absolute Gasteiger partial charge is 0.409 e. The number of nitrogens with two attached hydrogens (primary N) is 1. The van der Waals surface area contributed by atoms with Crippen molar-refractivity contribution >= 4 is 5.84 Å². The molecular weight excluding hydrogens is 226 g/mol. The molecule has 0 saturated heterocycles. The lowest BCUT2D eigenvalue weighted by Gasteiger charge is -2.37. The van der Waals surface area contributed by atoms with E-state index in [-0.39, 0.29) is 0 Å². The molecule has 0 heterocycles. The third kappa shape index (κ3) is 5.25. The Morgan fingerprint density at radius 3 is 2.72 bits per heavy atom. The molecule has 4 heteroatoms. The van der Waals surface area contributed by atoms with Crippen LogP contribution in [-0.2, 0) is 0 Å². The number of oxime groups is 1. The van der Waals surface area contributed by atoms with Gasteiger partial charge >= 0.3 is 0 Å². The molecule has 18 heavy (non-hydrogen) atoms. The Hall–Kier alpha value is -0.770. The van der Waals surface area contributed by atoms with Crippen LogP contribution >= 0.6 is 0 Å². The van der Waals surface area contributed by atoms with Crippen molar-refractivity contribution in [2.24, 2.45) is 22.7 Å². The summed E-state index contributed by atoms with van der Waals surface area (Å²) in [5.74, 6) is 1.84. The quantitative estimate of drug-likeness (QED) is 0.332. The van der Waals surface area contributed by atoms with Crippen LogP contribution in [0, 0.1) is 11.8 Å². The van der Waals surface area contributed by atoms with Gasteiger partial charge < -0.3 is 10.9 Å². The first-order valence-corrected chi connectivity index (χ1v) is 7.23. The smallest absolute Gasteiger partial charge is 0.140 e. The molecule has 0 amide bonds. The maximum absolute atomic E-state index is 8.63. The van der Waals surface area contributed by atoms with E-state index in [4.69, 9.17) is 10.9 Å². The van der Waals surface area contributed by atoms with E-state index in [1.165, 1.54) is 25.7 Å². The molecule has 1 fully saturated rings. The zero-order valence-electron chi connectivity index (χ0n) is 12.1. The average Bonchev–Trinajstić information content (AvgIpc) is 2.33. The van der Waals surface area contributed by atoms with E-state index in [0.717, 1.165) is 19.0 Å². The fourth-order valence-corrected chi connectivity index (χ4v) is 2.93. The highest BCUT2D eigenvalue weighted by Crippen LogP contribution is 2.27. The van der Waals surface area contributed by atoms with Gasteiger partial charge in [-0.15, -0.1) is 0 Å². The number of hydrogen-bond donors (Lipinski definition) is 2. The molecule has 0 aromatic carbocycles. The Morgan fingerprint density at radius 1 is 1.44 bits per heavy atom. The lowest BCUT2D eigenvalue weighted by atomic mass is 9.86. The first kappa shape index (κ1) is 15.3. The molecule has 0 radical (unpaired) electrons. The molecule has 1 aliphatic rings. The predicted molar refractivity (Wildman–Crippen MR) is 75.9 cm³/mol. The fraction of sp³-hybridized carbons (Fsp3) is 0.929. The highest BCUT2D eigenvalue weighted by Gasteiger charge is 2.24. The normalized spacial score (nSPS) is 25.9. The lowest BCUT2D eigenvalue weighted by molar-refractivity contribution is 0.123. The summed E-state index contributed by atoms with van der Waals surface area (Å²) in [7, 11) is 0. The van der Waals surface area contributed by atoms with Gasteiger partial charge in [-0.3, -0.25) is 4.90 Å². The molecule has 4 nitrogen and oxygen atoms in total. The van der Waals surface area contributed by atoms with Crippen LogP contribution in [0.4, 0.5) is 0 Å². The zero-order valence-corrected chi connectivity index (χ0v) is 12.1. The van der Waals surface area contributed by atoms with Gasteiger partial charge in [0.25, 0.3) is 0 Å². The Morgan fingerprint density at radius 2 is 2.17 bits per heavy atom. The van der Waals surface area contributed by atoms with Crippen molar-refractivity contribution in [2.45, 2.75) is 58.9 Å². The second kappa shape index (κ2) is 7.62. The summed E-state index contributed by atoms with van der Waals surface area (Å²) >= 11 is 0. The molecule has 2 atom stereocenters. The predicted octanol–water partition coefficient (Wildman–Crippen LogP) is 2.66. The summed E-state index contributed by atoms with van der Waals surface area (Å²) in [5, 5.41) is 11.7. The van der Waals surface area contributed by atoms with Gasteiger partial charge in [0.1, 0.15) is 5.84 Å². The minimum absolute atomic E-state index is 0.340. The number of amidine groups is 1. The van der Waals surface area contributed by atoms with Gasteiger partial charge in [-0.2, -0.15) is 0 Å². The standard InChI is InChI=1S/C14H29N3O/c1-11(2)10-17(8-7-14(15)16-18)13-6-4-5-12(3)9-13/h11-13,18H,4-10H2,1-3H3,(H2,15,16). The summed E-state index contributed by atoms with van der Waals surface area (Å²) in [6, 6.07) is 0.683. The molecule has 2 unspecified atom stereocenters. The number of hydrogen-bond acceptors (Lipinski definition) is 3. The summed E-state index contributed by atoms with van der Waals surface area (Å²) in [6.45, 7) is 8.87. The Kier molecular flexibility index (Phi) is 6.47. The fourth-order valence-electron chi connectivity index (χ4n) is 2.93. The maximum Gasteiger partial charge on any atom is 0.140 e. The van der Waals surface area contributed by atoms with Crippen molar-refractivity contribution in [1.29, 1.82) is 0 Å². The van der Waals surface area contributed by atoms with Crippen LogP contribution in [0.3, 0.4) is 0 Å². The second-order valence-corrected chi connectivity index (χ2v) is 6.16. The van der Waals surface area contributed by atoms with Crippen LogP contribution < -0.4 is 5.73 Å². The van der Waals surface area contributed by atoms with E-state index in [1.807, 2.05) is 0 Å². The average molecular weight is 255 g/mol. The van der Waals surface area contributed by atoms with Crippen molar-refractivity contribution in [3.05, 3.63) is 0 Å². The molecule has 0 aromatic heterocycles. The van der Waals surface area contributed by atoms with Crippen molar-refractivity contribution in [3.63, 3.8) is 0 Å². The Bertz CT molecular complexity index is 266. The van der Waals surface area contributed by atoms with Gasteiger partial charge in [0.15, 0.2) is 0 Å². The topological polar surface area (TPSA) is 61.8 Å². The van der Waals surface area contributed by atoms with E-state index in [9.17, 15) is 0 Å². The molecular formula is C14H29N3O. The van der Waals surface area contributed by atoms with Crippen LogP contribution in [0.15, 0.2) is 5.16 Å². The minimum atomic E-state index is 0.340. The summed E-state index contributed by atoms with van der Waals surface area (Å²) < 4.78 is 0. The second-order valence-electron chi connectivity index (χ2n) is 6.16. The third-order valence-corrected chi connectivity index (χ3v) is 3.81. The maximum atomic E-state index is 8.63. The summed E-state index contributed by atoms with van der Waals surface area (Å²) in [5.41, 5.74) is 5.58. The Balaban J connectivity index is 2.53. The van der Waals surface area contributed by atoms with Gasteiger partial charge in [-0.1, -0.05) is 38.8 Å². The molecule has 1 rings (SSSR count). The molecule has 0 aliphatic heterocycles. The molecule has 1 aliphatic carbocycles. The zero-order chi connectivity index (χ0) is 13.5. The van der Waals surface area contributed by atoms with Crippen LogP contribution in [0.5, 0.6) is 0 Å². The van der Waals surface area contributed by atoms with Crippen molar-refractivity contribution in [1.82, 2.24) is 4.90 Å². The SMILES string of the molecule is CC(C)CN(CCC(N)=NO)C1CCCC(C)C1. The molecule has 1 saturated carbocycles. The van der Waals surface area contributed by atoms with Crippen molar-refractivity contribution in [3.8, 4) is 0 Å². The van der Waals surface area contributed by atoms with Gasteiger partial charge in [0.2, 0.25) is 0 Å². The van der Waals surface area contributed by atoms with E-state index in [1.54, 1.807) is 0 Å². The molecule has 0 aromatic rings. The van der Waals surface area contributed by atoms with Gasteiger partial charge in [-0.25, -0.2) is 0 Å². The molecule has 106 valence electrons. The highest BCUT2D eigenvalue weighted by atomic mass is 16.4. The first-order chi connectivity index (χ1) is 8.52. The lowest BCUT2D eigenvalue weighted by Crippen LogP contribution is -2.42. The van der Waals surface area contributed by atoms with Gasteiger partial charge in [0.05, 0.1) is 0 Å². The van der Waals surface area contributed by atoms with E-state index >= 15 is 0 Å². The molecule has 0 bridgehead atoms. The number of nitrogens with zero attached hydrogens (tertiary/aromatic N) is 2. The third-order valence-electron chi connectivity index (χ3n) is 3.81. The highest BCUT2D eigenvalue weighted by molar-refractivity contribution is 5.79. The van der Waals surface area contributed by atoms with E-state index in [0.29, 0.717) is 24.2 Å². The minimum Gasteiger partial charge on any atom is -0.409 e. The van der Waals surface area contributed by atoms with Gasteiger partial charge in [-0.05, 0) is 24.7 Å². The molecule has 3 N–H and O–H groups in total. The monoisotopic (exact) mass is 255 g/mol. The number of rotatable bonds is 6. The van der Waals surface area contributed by atoms with Crippen LogP contribution in [0.1, 0.15) is 52.9 Å².